The second-order valence-corrected chi connectivity index (χ2v) is 6.26. The van der Waals surface area contributed by atoms with E-state index in [0.717, 1.165) is 5.39 Å². The van der Waals surface area contributed by atoms with E-state index in [1.54, 1.807) is 43.7 Å². The van der Waals surface area contributed by atoms with Crippen molar-refractivity contribution in [1.29, 1.82) is 0 Å². The number of rotatable bonds is 3. The Labute approximate surface area is 152 Å². The van der Waals surface area contributed by atoms with Crippen LogP contribution in [0.5, 0.6) is 0 Å². The van der Waals surface area contributed by atoms with Crippen LogP contribution in [0.2, 0.25) is 5.02 Å². The number of halogens is 1. The van der Waals surface area contributed by atoms with E-state index < -0.39 is 6.17 Å². The molecule has 3 heterocycles. The molecule has 26 heavy (non-hydrogen) atoms. The van der Waals surface area contributed by atoms with Gasteiger partial charge in [-0.1, -0.05) is 11.6 Å². The topological polar surface area (TPSA) is 88.7 Å². The molecule has 1 N–H and O–H groups in total. The van der Waals surface area contributed by atoms with Gasteiger partial charge >= 0.3 is 0 Å². The number of aromatic nitrogens is 2. The van der Waals surface area contributed by atoms with Gasteiger partial charge < -0.3 is 5.32 Å². The third-order valence-electron chi connectivity index (χ3n) is 4.19. The Morgan fingerprint density at radius 3 is 2.81 bits per heavy atom. The van der Waals surface area contributed by atoms with E-state index in [4.69, 9.17) is 11.6 Å². The Bertz CT molecular complexity index is 1200. The molecule has 4 rings (SSSR count). The lowest BCUT2D eigenvalue weighted by atomic mass is 10.2. The number of carbonyl (C=O) groups is 1. The van der Waals surface area contributed by atoms with Crippen LogP contribution in [0.3, 0.4) is 0 Å². The van der Waals surface area contributed by atoms with E-state index in [0.29, 0.717) is 21.6 Å². The van der Waals surface area contributed by atoms with Crippen LogP contribution >= 0.6 is 11.6 Å². The van der Waals surface area contributed by atoms with Crippen molar-refractivity contribution in [1.82, 2.24) is 14.9 Å². The summed E-state index contributed by atoms with van der Waals surface area (Å²) in [7, 11) is 1.55. The van der Waals surface area contributed by atoms with Crippen LogP contribution in [-0.4, -0.2) is 28.7 Å². The number of nitrogens with one attached hydrogen (secondary N) is 1. The number of hydrogen-bond acceptors (Lipinski definition) is 5. The first-order valence-electron chi connectivity index (χ1n) is 7.99. The van der Waals surface area contributed by atoms with Gasteiger partial charge in [-0.05, 0) is 30.3 Å². The van der Waals surface area contributed by atoms with Gasteiger partial charge in [0.25, 0.3) is 5.56 Å². The highest BCUT2D eigenvalue weighted by molar-refractivity contribution is 6.31. The van der Waals surface area contributed by atoms with Crippen molar-refractivity contribution in [2.45, 2.75) is 12.6 Å². The summed E-state index contributed by atoms with van der Waals surface area (Å²) in [5.41, 5.74) is 0.914. The molecule has 0 bridgehead atoms. The van der Waals surface area contributed by atoms with Gasteiger partial charge in [0.2, 0.25) is 5.91 Å². The lowest BCUT2D eigenvalue weighted by Gasteiger charge is -2.10. The molecule has 1 aromatic carbocycles. The minimum Gasteiger partial charge on any atom is -0.359 e. The predicted molar refractivity (Wildman–Crippen MR) is 97.1 cm³/mol. The number of nitrogens with zero attached hydrogens (tertiary/aromatic N) is 4. The third-order valence-corrected chi connectivity index (χ3v) is 4.43. The smallest absolute Gasteiger partial charge is 0.283 e. The Morgan fingerprint density at radius 2 is 2.08 bits per heavy atom. The first-order chi connectivity index (χ1) is 12.6. The SMILES string of the molecule is CNC(=O)CC1N=c2c(c3ccc(Cl)cc3n(-c3cccnc3)c2=O)=N1. The summed E-state index contributed by atoms with van der Waals surface area (Å²) in [5.74, 6) is -0.185. The van der Waals surface area contributed by atoms with Crippen LogP contribution in [0.15, 0.2) is 57.5 Å². The van der Waals surface area contributed by atoms with Crippen molar-refractivity contribution in [2.24, 2.45) is 9.98 Å². The van der Waals surface area contributed by atoms with Crippen LogP contribution in [0, 0.1) is 0 Å². The summed E-state index contributed by atoms with van der Waals surface area (Å²) in [5, 5.41) is 4.54. The van der Waals surface area contributed by atoms with Crippen LogP contribution in [-0.2, 0) is 4.79 Å². The molecule has 1 aliphatic heterocycles. The van der Waals surface area contributed by atoms with Crippen molar-refractivity contribution >= 4 is 28.4 Å². The quantitative estimate of drug-likeness (QED) is 0.741. The van der Waals surface area contributed by atoms with Crippen molar-refractivity contribution < 1.29 is 4.79 Å². The molecule has 1 aliphatic rings. The number of fused-ring (bicyclic) bond motifs is 3. The molecule has 2 aromatic heterocycles. The summed E-state index contributed by atoms with van der Waals surface area (Å²) < 4.78 is 1.52. The largest absolute Gasteiger partial charge is 0.359 e. The number of carbonyl (C=O) groups excluding carboxylic acids is 1. The Balaban J connectivity index is 2.06. The van der Waals surface area contributed by atoms with Crippen molar-refractivity contribution in [3.63, 3.8) is 0 Å². The lowest BCUT2D eigenvalue weighted by molar-refractivity contribution is -0.120. The molecular weight excluding hydrogens is 354 g/mol. The van der Waals surface area contributed by atoms with Gasteiger partial charge in [-0.3, -0.25) is 29.1 Å². The molecule has 1 amide bonds. The molecule has 0 saturated carbocycles. The first-order valence-corrected chi connectivity index (χ1v) is 8.37. The van der Waals surface area contributed by atoms with E-state index in [2.05, 4.69) is 20.3 Å². The molecule has 1 atom stereocenters. The number of benzene rings is 1. The zero-order valence-corrected chi connectivity index (χ0v) is 14.6. The van der Waals surface area contributed by atoms with Gasteiger partial charge in [-0.25, -0.2) is 0 Å². The molecule has 7 nitrogen and oxygen atoms in total. The van der Waals surface area contributed by atoms with E-state index in [1.165, 1.54) is 4.57 Å². The number of amides is 1. The average molecular weight is 368 g/mol. The lowest BCUT2D eigenvalue weighted by Crippen LogP contribution is -2.43. The molecule has 0 radical (unpaired) electrons. The van der Waals surface area contributed by atoms with Crippen molar-refractivity contribution in [2.75, 3.05) is 7.05 Å². The number of pyridine rings is 2. The maximum Gasteiger partial charge on any atom is 0.283 e. The summed E-state index contributed by atoms with van der Waals surface area (Å²) in [4.78, 5) is 37.8. The molecule has 1 unspecified atom stereocenters. The fourth-order valence-corrected chi connectivity index (χ4v) is 3.18. The second-order valence-electron chi connectivity index (χ2n) is 5.83. The Morgan fingerprint density at radius 1 is 1.27 bits per heavy atom. The zero-order valence-electron chi connectivity index (χ0n) is 13.8. The van der Waals surface area contributed by atoms with Gasteiger partial charge in [0.15, 0.2) is 5.36 Å². The van der Waals surface area contributed by atoms with Crippen LogP contribution in [0.1, 0.15) is 6.42 Å². The highest BCUT2D eigenvalue weighted by Gasteiger charge is 2.20. The average Bonchev–Trinajstić information content (AvgIpc) is 3.06. The molecule has 0 spiro atoms. The van der Waals surface area contributed by atoms with E-state index in [-0.39, 0.29) is 23.2 Å². The van der Waals surface area contributed by atoms with Crippen molar-refractivity contribution in [3.8, 4) is 5.69 Å². The van der Waals surface area contributed by atoms with Crippen molar-refractivity contribution in [3.05, 3.63) is 68.8 Å². The van der Waals surface area contributed by atoms with Gasteiger partial charge in [-0.2, -0.15) is 0 Å². The highest BCUT2D eigenvalue weighted by Crippen LogP contribution is 2.18. The summed E-state index contributed by atoms with van der Waals surface area (Å²) >= 11 is 6.16. The Kier molecular flexibility index (Phi) is 4.00. The molecule has 130 valence electrons. The maximum absolute atomic E-state index is 13.1. The fourth-order valence-electron chi connectivity index (χ4n) is 3.01. The molecule has 0 saturated heterocycles. The van der Waals surface area contributed by atoms with Gasteiger partial charge in [-0.15, -0.1) is 0 Å². The standard InChI is InChI=1S/C18H14ClN5O2/c1-20-15(25)8-14-22-16-12-5-4-10(19)7-13(12)24(18(26)17(16)23-14)11-3-2-6-21-9-11/h2-7,9,14H,8H2,1H3,(H,20,25). The summed E-state index contributed by atoms with van der Waals surface area (Å²) in [6, 6.07) is 8.80. The molecule has 3 aromatic rings. The third kappa shape index (κ3) is 2.66. The minimum absolute atomic E-state index is 0.0899. The summed E-state index contributed by atoms with van der Waals surface area (Å²) in [6.07, 6.45) is 2.71. The molecule has 0 aliphatic carbocycles. The van der Waals surface area contributed by atoms with Crippen LogP contribution < -0.4 is 21.6 Å². The van der Waals surface area contributed by atoms with Gasteiger partial charge in [0, 0.05) is 23.7 Å². The molecule has 0 fully saturated rings. The molecule has 8 heteroatoms. The van der Waals surface area contributed by atoms with Crippen LogP contribution in [0.25, 0.3) is 16.6 Å². The summed E-state index contributed by atoms with van der Waals surface area (Å²) in [6.45, 7) is 0. The Hall–Kier alpha value is -3.06. The molecular formula is C18H14ClN5O2. The fraction of sp³-hybridized carbons (Fsp3) is 0.167. The van der Waals surface area contributed by atoms with Gasteiger partial charge in [0.1, 0.15) is 11.5 Å². The van der Waals surface area contributed by atoms with Crippen LogP contribution in [0.4, 0.5) is 0 Å². The minimum atomic E-state index is -0.610. The van der Waals surface area contributed by atoms with E-state index >= 15 is 0 Å². The maximum atomic E-state index is 13.1. The number of hydrogen-bond donors (Lipinski definition) is 1. The normalized spacial score (nSPS) is 15.2. The van der Waals surface area contributed by atoms with E-state index in [1.807, 2.05) is 6.07 Å². The second kappa shape index (κ2) is 6.34. The predicted octanol–water partition coefficient (Wildman–Crippen LogP) is 0.754. The van der Waals surface area contributed by atoms with Gasteiger partial charge in [0.05, 0.1) is 23.8 Å². The highest BCUT2D eigenvalue weighted by atomic mass is 35.5. The van der Waals surface area contributed by atoms with E-state index in [9.17, 15) is 9.59 Å². The first kappa shape index (κ1) is 16.4. The monoisotopic (exact) mass is 367 g/mol. The zero-order chi connectivity index (χ0) is 18.3.